The molecule has 0 aliphatic carbocycles. The minimum atomic E-state index is -0.101. The molecule has 2 unspecified atom stereocenters. The molecule has 2 saturated heterocycles. The van der Waals surface area contributed by atoms with Crippen molar-refractivity contribution in [3.63, 3.8) is 0 Å². The Hall–Kier alpha value is -3.87. The molecule has 2 atom stereocenters. The molecule has 2 amide bonds. The Morgan fingerprint density at radius 3 is 2.68 bits per heavy atom. The third kappa shape index (κ3) is 4.78. The number of carbonyl (C=O) groups excluding carboxylic acids is 2. The predicted molar refractivity (Wildman–Crippen MR) is 144 cm³/mol. The number of aromatic nitrogens is 2. The zero-order valence-corrected chi connectivity index (χ0v) is 22.0. The Labute approximate surface area is 218 Å². The number of hydrogen-bond donors (Lipinski definition) is 0. The number of hydrogen-bond acceptors (Lipinski definition) is 4. The number of methoxy groups -OCH3 is 1. The van der Waals surface area contributed by atoms with Crippen molar-refractivity contribution in [2.24, 2.45) is 0 Å². The molecular weight excluding hydrogens is 464 g/mol. The van der Waals surface area contributed by atoms with Crippen LogP contribution in [0.1, 0.15) is 65.3 Å². The molecule has 0 bridgehead atoms. The fourth-order valence-electron chi connectivity index (χ4n) is 5.68. The average molecular weight is 499 g/mol. The second kappa shape index (κ2) is 10.2. The topological polar surface area (TPSA) is 67.7 Å². The maximum absolute atomic E-state index is 13.9. The van der Waals surface area contributed by atoms with Crippen molar-refractivity contribution in [1.82, 2.24) is 19.4 Å². The number of fused-ring (bicyclic) bond motifs is 1. The summed E-state index contributed by atoms with van der Waals surface area (Å²) in [5.41, 5.74) is 5.18. The van der Waals surface area contributed by atoms with E-state index in [1.807, 2.05) is 66.2 Å². The van der Waals surface area contributed by atoms with E-state index in [-0.39, 0.29) is 23.9 Å². The highest BCUT2D eigenvalue weighted by Gasteiger charge is 2.40. The van der Waals surface area contributed by atoms with Crippen LogP contribution in [0.5, 0.6) is 5.75 Å². The van der Waals surface area contributed by atoms with Gasteiger partial charge in [-0.05, 0) is 74.4 Å². The molecule has 3 aromatic rings. The number of rotatable bonds is 5. The Morgan fingerprint density at radius 1 is 1.14 bits per heavy atom. The zero-order chi connectivity index (χ0) is 26.1. The summed E-state index contributed by atoms with van der Waals surface area (Å²) in [5, 5.41) is 0. The highest BCUT2D eigenvalue weighted by Crippen LogP contribution is 2.42. The average Bonchev–Trinajstić information content (AvgIpc) is 3.35. The van der Waals surface area contributed by atoms with Gasteiger partial charge in [0, 0.05) is 37.5 Å². The van der Waals surface area contributed by atoms with E-state index < -0.39 is 0 Å². The number of imidazole rings is 1. The van der Waals surface area contributed by atoms with Gasteiger partial charge in [0.15, 0.2) is 0 Å². The van der Waals surface area contributed by atoms with Gasteiger partial charge in [-0.25, -0.2) is 4.98 Å². The molecule has 2 aromatic carbocycles. The van der Waals surface area contributed by atoms with Gasteiger partial charge in [-0.2, -0.15) is 0 Å². The molecule has 0 radical (unpaired) electrons. The number of benzene rings is 2. The van der Waals surface area contributed by atoms with Crippen LogP contribution in [-0.4, -0.2) is 58.4 Å². The second-order valence-electron chi connectivity index (χ2n) is 10.2. The lowest BCUT2D eigenvalue weighted by Gasteiger charge is -2.46. The molecule has 2 aliphatic heterocycles. The summed E-state index contributed by atoms with van der Waals surface area (Å²) in [5.74, 6) is 0.763. The van der Waals surface area contributed by atoms with Gasteiger partial charge in [-0.15, -0.1) is 0 Å². The van der Waals surface area contributed by atoms with Gasteiger partial charge < -0.3 is 19.1 Å². The number of ether oxygens (including phenoxy) is 1. The number of nitrogens with zero attached hydrogens (tertiary/aromatic N) is 4. The number of amides is 2. The van der Waals surface area contributed by atoms with Crippen molar-refractivity contribution in [3.05, 3.63) is 82.9 Å². The SMILES string of the molecule is COc1cc(C=C2CCC3CCCC(c4ccccc4C(=O)N(C)C)N3C2=O)ccc1-n1cnc(C)c1. The van der Waals surface area contributed by atoms with Crippen LogP contribution in [0.2, 0.25) is 0 Å². The molecule has 0 N–H and O–H groups in total. The summed E-state index contributed by atoms with van der Waals surface area (Å²) in [7, 11) is 5.19. The van der Waals surface area contributed by atoms with Gasteiger partial charge in [0.1, 0.15) is 5.75 Å². The first kappa shape index (κ1) is 24.8. The Kier molecular flexibility index (Phi) is 6.87. The van der Waals surface area contributed by atoms with Crippen LogP contribution in [-0.2, 0) is 4.79 Å². The highest BCUT2D eigenvalue weighted by atomic mass is 16.5. The van der Waals surface area contributed by atoms with Crippen molar-refractivity contribution in [3.8, 4) is 11.4 Å². The largest absolute Gasteiger partial charge is 0.495 e. The maximum Gasteiger partial charge on any atom is 0.253 e. The summed E-state index contributed by atoms with van der Waals surface area (Å²) in [6, 6.07) is 13.8. The van der Waals surface area contributed by atoms with E-state index in [1.165, 1.54) is 0 Å². The van der Waals surface area contributed by atoms with Crippen molar-refractivity contribution < 1.29 is 14.3 Å². The van der Waals surface area contributed by atoms with Crippen LogP contribution < -0.4 is 4.74 Å². The Bertz CT molecular complexity index is 1360. The fraction of sp³-hybridized carbons (Fsp3) is 0.367. The first-order chi connectivity index (χ1) is 17.9. The third-order valence-corrected chi connectivity index (χ3v) is 7.49. The lowest BCUT2D eigenvalue weighted by atomic mass is 9.82. The van der Waals surface area contributed by atoms with Crippen molar-refractivity contribution in [1.29, 1.82) is 0 Å². The Balaban J connectivity index is 1.47. The second-order valence-corrected chi connectivity index (χ2v) is 10.2. The summed E-state index contributed by atoms with van der Waals surface area (Å²) in [6.45, 7) is 1.95. The third-order valence-electron chi connectivity index (χ3n) is 7.49. The lowest BCUT2D eigenvalue weighted by molar-refractivity contribution is -0.136. The van der Waals surface area contributed by atoms with Crippen molar-refractivity contribution in [2.75, 3.05) is 21.2 Å². The minimum Gasteiger partial charge on any atom is -0.495 e. The van der Waals surface area contributed by atoms with Crippen molar-refractivity contribution in [2.45, 2.75) is 51.1 Å². The number of carbonyl (C=O) groups is 2. The quantitative estimate of drug-likeness (QED) is 0.454. The summed E-state index contributed by atoms with van der Waals surface area (Å²) in [6.07, 6.45) is 10.3. The normalized spacial score (nSPS) is 20.6. The van der Waals surface area contributed by atoms with E-state index in [0.29, 0.717) is 5.56 Å². The van der Waals surface area contributed by atoms with E-state index in [0.717, 1.165) is 65.9 Å². The molecule has 5 rings (SSSR count). The fourth-order valence-corrected chi connectivity index (χ4v) is 5.68. The first-order valence-corrected chi connectivity index (χ1v) is 12.9. The molecule has 3 heterocycles. The predicted octanol–water partition coefficient (Wildman–Crippen LogP) is 5.19. The van der Waals surface area contributed by atoms with E-state index in [4.69, 9.17) is 4.74 Å². The summed E-state index contributed by atoms with van der Waals surface area (Å²) < 4.78 is 7.61. The molecule has 0 spiro atoms. The molecule has 1 aromatic heterocycles. The molecule has 192 valence electrons. The smallest absolute Gasteiger partial charge is 0.253 e. The summed E-state index contributed by atoms with van der Waals surface area (Å²) in [4.78, 5) is 34.8. The van der Waals surface area contributed by atoms with Crippen LogP contribution >= 0.6 is 0 Å². The van der Waals surface area contributed by atoms with Gasteiger partial charge in [0.2, 0.25) is 0 Å². The molecule has 7 nitrogen and oxygen atoms in total. The van der Waals surface area contributed by atoms with Gasteiger partial charge in [-0.3, -0.25) is 9.59 Å². The number of aryl methyl sites for hydroxylation is 1. The van der Waals surface area contributed by atoms with Gasteiger partial charge >= 0.3 is 0 Å². The van der Waals surface area contributed by atoms with Gasteiger partial charge in [0.05, 0.1) is 30.9 Å². The summed E-state index contributed by atoms with van der Waals surface area (Å²) >= 11 is 0. The van der Waals surface area contributed by atoms with Crippen molar-refractivity contribution >= 4 is 17.9 Å². The highest BCUT2D eigenvalue weighted by molar-refractivity contribution is 6.00. The maximum atomic E-state index is 13.9. The molecule has 0 saturated carbocycles. The number of piperidine rings is 2. The van der Waals surface area contributed by atoms with Gasteiger partial charge in [0.25, 0.3) is 11.8 Å². The first-order valence-electron chi connectivity index (χ1n) is 12.9. The molecule has 2 aliphatic rings. The van der Waals surface area contributed by atoms with E-state index in [9.17, 15) is 9.59 Å². The molecule has 2 fully saturated rings. The van der Waals surface area contributed by atoms with Crippen LogP contribution in [0.3, 0.4) is 0 Å². The van der Waals surface area contributed by atoms with Crippen LogP contribution in [0.4, 0.5) is 0 Å². The zero-order valence-electron chi connectivity index (χ0n) is 22.0. The van der Waals surface area contributed by atoms with Crippen LogP contribution in [0.15, 0.2) is 60.6 Å². The molecule has 7 heteroatoms. The van der Waals surface area contributed by atoms with E-state index >= 15 is 0 Å². The lowest BCUT2D eigenvalue weighted by Crippen LogP contribution is -2.49. The van der Waals surface area contributed by atoms with E-state index in [1.54, 1.807) is 32.4 Å². The molecule has 37 heavy (non-hydrogen) atoms. The van der Waals surface area contributed by atoms with Crippen LogP contribution in [0, 0.1) is 6.92 Å². The van der Waals surface area contributed by atoms with Crippen LogP contribution in [0.25, 0.3) is 11.8 Å². The minimum absolute atomic E-state index is 0.0294. The monoisotopic (exact) mass is 498 g/mol. The Morgan fingerprint density at radius 2 is 1.95 bits per heavy atom. The molecular formula is C30H34N4O3. The van der Waals surface area contributed by atoms with E-state index in [2.05, 4.69) is 9.88 Å². The van der Waals surface area contributed by atoms with Gasteiger partial charge in [-0.1, -0.05) is 24.3 Å². The standard InChI is InChI=1S/C30H34N4O3/c1-20-18-33(19-31-20)27-15-12-21(17-28(27)37-4)16-22-13-14-23-8-7-11-26(34(23)29(22)35)24-9-5-6-10-25(24)30(36)32(2)3/h5-6,9-10,12,15-19,23,26H,7-8,11,13-14H2,1-4H3.